The van der Waals surface area contributed by atoms with Gasteiger partial charge in [-0.1, -0.05) is 0 Å². The van der Waals surface area contributed by atoms with Crippen LogP contribution < -0.4 is 9.64 Å². The highest BCUT2D eigenvalue weighted by Crippen LogP contribution is 2.33. The number of hydrogen-bond acceptors (Lipinski definition) is 8. The van der Waals surface area contributed by atoms with E-state index in [-0.39, 0.29) is 11.9 Å². The molecule has 0 saturated carbocycles. The maximum Gasteiger partial charge on any atom is 0.410 e. The molecule has 1 aliphatic heterocycles. The maximum atomic E-state index is 12.5. The Kier molecular flexibility index (Phi) is 5.76. The van der Waals surface area contributed by atoms with E-state index in [2.05, 4.69) is 15.0 Å². The van der Waals surface area contributed by atoms with Crippen molar-refractivity contribution < 1.29 is 19.4 Å². The number of aliphatic hydroxyl groups excluding tert-OH is 1. The molecule has 2 aromatic rings. The SMILES string of the molecule is COc1cncc2nc(Cl)nc(N3CCN(C(=O)OC(C)(C)C)[C@@H](CO)C3)c12. The summed E-state index contributed by atoms with van der Waals surface area (Å²) in [5.41, 5.74) is -0.0465. The first kappa shape index (κ1) is 20.3. The lowest BCUT2D eigenvalue weighted by atomic mass is 10.1. The molecular formula is C18H24ClN5O4. The quantitative estimate of drug-likeness (QED) is 0.769. The van der Waals surface area contributed by atoms with E-state index in [0.717, 1.165) is 0 Å². The summed E-state index contributed by atoms with van der Waals surface area (Å²) in [7, 11) is 1.55. The van der Waals surface area contributed by atoms with Crippen molar-refractivity contribution in [3.63, 3.8) is 0 Å². The summed E-state index contributed by atoms with van der Waals surface area (Å²) >= 11 is 6.11. The molecule has 1 atom stereocenters. The summed E-state index contributed by atoms with van der Waals surface area (Å²) in [6, 6.07) is -0.444. The van der Waals surface area contributed by atoms with E-state index in [1.54, 1.807) is 24.4 Å². The van der Waals surface area contributed by atoms with Crippen molar-refractivity contribution in [2.45, 2.75) is 32.4 Å². The number of rotatable bonds is 3. The first-order valence-electron chi connectivity index (χ1n) is 8.94. The molecule has 1 fully saturated rings. The van der Waals surface area contributed by atoms with Gasteiger partial charge in [0.25, 0.3) is 0 Å². The van der Waals surface area contributed by atoms with Gasteiger partial charge in [-0.3, -0.25) is 9.88 Å². The topological polar surface area (TPSA) is 101 Å². The van der Waals surface area contributed by atoms with Gasteiger partial charge >= 0.3 is 6.09 Å². The Bertz CT molecular complexity index is 873. The molecule has 2 aromatic heterocycles. The molecular weight excluding hydrogens is 386 g/mol. The summed E-state index contributed by atoms with van der Waals surface area (Å²) in [6.07, 6.45) is 2.73. The summed E-state index contributed by atoms with van der Waals surface area (Å²) in [5.74, 6) is 1.11. The average Bonchev–Trinajstić information content (AvgIpc) is 2.64. The van der Waals surface area contributed by atoms with E-state index in [4.69, 9.17) is 21.1 Å². The summed E-state index contributed by atoms with van der Waals surface area (Å²) in [5, 5.41) is 10.6. The number of aromatic nitrogens is 3. The fourth-order valence-corrected chi connectivity index (χ4v) is 3.33. The number of carbonyl (C=O) groups excluding carboxylic acids is 1. The number of piperazine rings is 1. The molecule has 28 heavy (non-hydrogen) atoms. The Labute approximate surface area is 168 Å². The number of pyridine rings is 1. The number of hydrogen-bond donors (Lipinski definition) is 1. The minimum Gasteiger partial charge on any atom is -0.494 e. The van der Waals surface area contributed by atoms with Gasteiger partial charge in [-0.2, -0.15) is 4.98 Å². The average molecular weight is 410 g/mol. The Morgan fingerprint density at radius 3 is 2.71 bits per heavy atom. The van der Waals surface area contributed by atoms with Gasteiger partial charge in [0.1, 0.15) is 17.2 Å². The largest absolute Gasteiger partial charge is 0.494 e. The van der Waals surface area contributed by atoms with Crippen LogP contribution in [0, 0.1) is 0 Å². The monoisotopic (exact) mass is 409 g/mol. The van der Waals surface area contributed by atoms with Crippen LogP contribution in [-0.4, -0.2) is 76.0 Å². The van der Waals surface area contributed by atoms with Gasteiger partial charge in [-0.05, 0) is 32.4 Å². The van der Waals surface area contributed by atoms with E-state index in [1.807, 2.05) is 25.7 Å². The Balaban J connectivity index is 1.92. The molecule has 0 aromatic carbocycles. The number of carbonyl (C=O) groups is 1. The summed E-state index contributed by atoms with van der Waals surface area (Å²) in [6.45, 7) is 6.45. The van der Waals surface area contributed by atoms with Gasteiger partial charge in [-0.25, -0.2) is 9.78 Å². The normalized spacial score (nSPS) is 17.7. The van der Waals surface area contributed by atoms with Crippen LogP contribution in [-0.2, 0) is 4.74 Å². The standard InChI is InChI=1S/C18H24ClN5O4/c1-18(2,3)28-17(26)24-6-5-23(9-11(24)10-25)15-14-12(21-16(19)22-15)7-20-8-13(14)27-4/h7-8,11,25H,5-6,9-10H2,1-4H3/t11-/m1/s1. The molecule has 3 heterocycles. The van der Waals surface area contributed by atoms with E-state index in [1.165, 1.54) is 0 Å². The van der Waals surface area contributed by atoms with Crippen LogP contribution in [0.4, 0.5) is 10.6 Å². The number of amides is 1. The van der Waals surface area contributed by atoms with E-state index in [0.29, 0.717) is 42.1 Å². The van der Waals surface area contributed by atoms with Gasteiger partial charge in [0.2, 0.25) is 5.28 Å². The smallest absolute Gasteiger partial charge is 0.410 e. The number of nitrogens with zero attached hydrogens (tertiary/aromatic N) is 5. The number of methoxy groups -OCH3 is 1. The minimum absolute atomic E-state index is 0.0904. The number of fused-ring (bicyclic) bond motifs is 1. The van der Waals surface area contributed by atoms with Crippen LogP contribution in [0.2, 0.25) is 5.28 Å². The lowest BCUT2D eigenvalue weighted by molar-refractivity contribution is 0.00701. The highest BCUT2D eigenvalue weighted by atomic mass is 35.5. The van der Waals surface area contributed by atoms with Gasteiger partial charge in [0.05, 0.1) is 43.1 Å². The maximum absolute atomic E-state index is 12.5. The van der Waals surface area contributed by atoms with Crippen LogP contribution in [0.1, 0.15) is 20.8 Å². The van der Waals surface area contributed by atoms with Crippen molar-refractivity contribution in [3.8, 4) is 5.75 Å². The van der Waals surface area contributed by atoms with Gasteiger partial charge in [-0.15, -0.1) is 0 Å². The van der Waals surface area contributed by atoms with Crippen molar-refractivity contribution in [3.05, 3.63) is 17.7 Å². The molecule has 1 aliphatic rings. The molecule has 10 heteroatoms. The van der Waals surface area contributed by atoms with Gasteiger partial charge in [0, 0.05) is 19.6 Å². The first-order chi connectivity index (χ1) is 13.2. The first-order valence-corrected chi connectivity index (χ1v) is 9.32. The minimum atomic E-state index is -0.606. The Morgan fingerprint density at radius 1 is 1.32 bits per heavy atom. The highest BCUT2D eigenvalue weighted by molar-refractivity contribution is 6.29. The number of aliphatic hydroxyl groups is 1. The molecule has 0 unspecified atom stereocenters. The van der Waals surface area contributed by atoms with E-state index >= 15 is 0 Å². The molecule has 0 spiro atoms. The van der Waals surface area contributed by atoms with Gasteiger partial charge < -0.3 is 19.5 Å². The predicted molar refractivity (Wildman–Crippen MR) is 105 cm³/mol. The molecule has 0 radical (unpaired) electrons. The third kappa shape index (κ3) is 4.20. The molecule has 3 rings (SSSR count). The molecule has 1 amide bonds. The third-order valence-electron chi connectivity index (χ3n) is 4.37. The van der Waals surface area contributed by atoms with Crippen LogP contribution in [0.25, 0.3) is 10.9 Å². The second-order valence-corrected chi connectivity index (χ2v) is 7.85. The molecule has 9 nitrogen and oxygen atoms in total. The van der Waals surface area contributed by atoms with Crippen molar-refractivity contribution >= 4 is 34.4 Å². The molecule has 1 saturated heterocycles. The van der Waals surface area contributed by atoms with Crippen molar-refractivity contribution in [1.29, 1.82) is 0 Å². The highest BCUT2D eigenvalue weighted by Gasteiger charge is 2.34. The van der Waals surface area contributed by atoms with Crippen LogP contribution in [0.5, 0.6) is 5.75 Å². The number of anilines is 1. The lowest BCUT2D eigenvalue weighted by Gasteiger charge is -2.41. The predicted octanol–water partition coefficient (Wildman–Crippen LogP) is 2.10. The molecule has 152 valence electrons. The van der Waals surface area contributed by atoms with Gasteiger partial charge in [0.15, 0.2) is 0 Å². The lowest BCUT2D eigenvalue weighted by Crippen LogP contribution is -2.57. The molecule has 0 bridgehead atoms. The zero-order chi connectivity index (χ0) is 20.5. The zero-order valence-corrected chi connectivity index (χ0v) is 17.1. The third-order valence-corrected chi connectivity index (χ3v) is 4.54. The zero-order valence-electron chi connectivity index (χ0n) is 16.3. The second-order valence-electron chi connectivity index (χ2n) is 7.51. The fourth-order valence-electron chi connectivity index (χ4n) is 3.16. The van der Waals surface area contributed by atoms with Crippen molar-refractivity contribution in [1.82, 2.24) is 19.9 Å². The molecule has 0 aliphatic carbocycles. The second kappa shape index (κ2) is 7.92. The Hall–Kier alpha value is -2.39. The van der Waals surface area contributed by atoms with Crippen molar-refractivity contribution in [2.75, 3.05) is 38.3 Å². The van der Waals surface area contributed by atoms with Crippen LogP contribution >= 0.6 is 11.6 Å². The Morgan fingerprint density at radius 2 is 2.07 bits per heavy atom. The van der Waals surface area contributed by atoms with Crippen LogP contribution in [0.15, 0.2) is 12.4 Å². The van der Waals surface area contributed by atoms with Crippen molar-refractivity contribution in [2.24, 2.45) is 0 Å². The summed E-state index contributed by atoms with van der Waals surface area (Å²) < 4.78 is 10.9. The fraction of sp³-hybridized carbons (Fsp3) is 0.556. The van der Waals surface area contributed by atoms with Crippen LogP contribution in [0.3, 0.4) is 0 Å². The number of halogens is 1. The number of ether oxygens (including phenoxy) is 2. The molecule has 1 N–H and O–H groups in total. The summed E-state index contributed by atoms with van der Waals surface area (Å²) in [4.78, 5) is 28.7. The van der Waals surface area contributed by atoms with E-state index < -0.39 is 17.7 Å². The van der Waals surface area contributed by atoms with E-state index in [9.17, 15) is 9.90 Å².